The molecule has 0 aliphatic heterocycles. The number of carbonyl (C=O) groups is 1. The number of likely N-dealkylation sites (N-methyl/N-ethyl adjacent to an activating group) is 1. The summed E-state index contributed by atoms with van der Waals surface area (Å²) in [6.07, 6.45) is 0. The van der Waals surface area contributed by atoms with Crippen LogP contribution in [0.5, 0.6) is 0 Å². The third kappa shape index (κ3) is 4.96. The quantitative estimate of drug-likeness (QED) is 0.819. The molecule has 2 N–H and O–H groups in total. The van der Waals surface area contributed by atoms with E-state index >= 15 is 0 Å². The van der Waals surface area contributed by atoms with Crippen LogP contribution < -0.4 is 10.6 Å². The molecule has 1 rings (SSSR count). The van der Waals surface area contributed by atoms with Crippen LogP contribution in [0.2, 0.25) is 0 Å². The van der Waals surface area contributed by atoms with Gasteiger partial charge >= 0.3 is 0 Å². The average molecular weight is 308 g/mol. The van der Waals surface area contributed by atoms with Crippen molar-refractivity contribution in [1.82, 2.24) is 10.6 Å². The Hall–Kier alpha value is -0.580. The Morgan fingerprint density at radius 2 is 2.00 bits per heavy atom. The number of hydrogen-bond donors (Lipinski definition) is 2. The highest BCUT2D eigenvalue weighted by Gasteiger charge is 2.07. The Kier molecular flexibility index (Phi) is 8.25. The monoisotopic (exact) mass is 306 g/mol. The van der Waals surface area contributed by atoms with Gasteiger partial charge in [0.25, 0.3) is 5.91 Å². The molecular weight excluding hydrogens is 291 g/mol. The molecule has 1 aromatic carbocycles. The lowest BCUT2D eigenvalue weighted by molar-refractivity contribution is 0.0953. The molecule has 0 radical (unpaired) electrons. The Labute approximate surface area is 111 Å². The van der Waals surface area contributed by atoms with Crippen LogP contribution in [-0.4, -0.2) is 25.5 Å². The van der Waals surface area contributed by atoms with Gasteiger partial charge in [-0.25, -0.2) is 0 Å². The molecule has 0 aliphatic carbocycles. The maximum Gasteiger partial charge on any atom is 0.252 e. The van der Waals surface area contributed by atoms with Crippen molar-refractivity contribution in [2.24, 2.45) is 0 Å². The van der Waals surface area contributed by atoms with Gasteiger partial charge in [0.15, 0.2) is 0 Å². The van der Waals surface area contributed by atoms with Gasteiger partial charge in [-0.15, -0.1) is 12.4 Å². The summed E-state index contributed by atoms with van der Waals surface area (Å²) in [5.74, 6) is -0.0413. The first kappa shape index (κ1) is 15.4. The van der Waals surface area contributed by atoms with E-state index < -0.39 is 0 Å². The van der Waals surface area contributed by atoms with E-state index in [-0.39, 0.29) is 18.3 Å². The minimum absolute atomic E-state index is 0. The molecule has 90 valence electrons. The molecule has 0 aromatic heterocycles. The lowest BCUT2D eigenvalue weighted by Gasteiger charge is -2.06. The number of amides is 1. The van der Waals surface area contributed by atoms with E-state index in [9.17, 15) is 4.79 Å². The predicted octanol–water partition coefficient (Wildman–Crippen LogP) is 2.21. The number of carbonyl (C=O) groups excluding carboxylic acids is 1. The molecule has 0 saturated heterocycles. The van der Waals surface area contributed by atoms with E-state index in [4.69, 9.17) is 0 Å². The molecule has 5 heteroatoms. The SMILES string of the molecule is CCNCCNC(=O)c1ccccc1Br.Cl. The van der Waals surface area contributed by atoms with Gasteiger partial charge in [-0.2, -0.15) is 0 Å². The van der Waals surface area contributed by atoms with E-state index in [0.29, 0.717) is 12.1 Å². The van der Waals surface area contributed by atoms with Crippen LogP contribution in [0, 0.1) is 0 Å². The summed E-state index contributed by atoms with van der Waals surface area (Å²) in [5, 5.41) is 5.99. The van der Waals surface area contributed by atoms with Crippen molar-refractivity contribution >= 4 is 34.2 Å². The maximum absolute atomic E-state index is 11.7. The summed E-state index contributed by atoms with van der Waals surface area (Å²) in [5.41, 5.74) is 0.675. The Bertz CT molecular complexity index is 334. The van der Waals surface area contributed by atoms with Crippen molar-refractivity contribution in [3.8, 4) is 0 Å². The van der Waals surface area contributed by atoms with Gasteiger partial charge in [0, 0.05) is 17.6 Å². The van der Waals surface area contributed by atoms with Gasteiger partial charge < -0.3 is 10.6 Å². The zero-order chi connectivity index (χ0) is 11.1. The van der Waals surface area contributed by atoms with Crippen molar-refractivity contribution < 1.29 is 4.79 Å². The standard InChI is InChI=1S/C11H15BrN2O.ClH/c1-2-13-7-8-14-11(15)9-5-3-4-6-10(9)12;/h3-6,13H,2,7-8H2,1H3,(H,14,15);1H. The molecule has 0 saturated carbocycles. The predicted molar refractivity (Wildman–Crippen MR) is 72.3 cm³/mol. The van der Waals surface area contributed by atoms with Crippen molar-refractivity contribution in [3.05, 3.63) is 34.3 Å². The summed E-state index contributed by atoms with van der Waals surface area (Å²) >= 11 is 3.34. The molecular formula is C11H16BrClN2O. The fourth-order valence-corrected chi connectivity index (χ4v) is 1.65. The van der Waals surface area contributed by atoms with E-state index in [1.165, 1.54) is 0 Å². The van der Waals surface area contributed by atoms with Crippen LogP contribution >= 0.6 is 28.3 Å². The molecule has 0 unspecified atom stereocenters. The summed E-state index contributed by atoms with van der Waals surface area (Å²) < 4.78 is 0.825. The zero-order valence-electron chi connectivity index (χ0n) is 9.13. The number of benzene rings is 1. The highest BCUT2D eigenvalue weighted by atomic mass is 79.9. The van der Waals surface area contributed by atoms with Crippen LogP contribution in [0.4, 0.5) is 0 Å². The molecule has 16 heavy (non-hydrogen) atoms. The second-order valence-electron chi connectivity index (χ2n) is 3.09. The van der Waals surface area contributed by atoms with E-state index in [1.54, 1.807) is 6.07 Å². The van der Waals surface area contributed by atoms with Crippen LogP contribution in [0.3, 0.4) is 0 Å². The Morgan fingerprint density at radius 3 is 2.62 bits per heavy atom. The maximum atomic E-state index is 11.7. The van der Waals surface area contributed by atoms with Crippen LogP contribution in [-0.2, 0) is 0 Å². The highest BCUT2D eigenvalue weighted by molar-refractivity contribution is 9.10. The summed E-state index contributed by atoms with van der Waals surface area (Å²) in [6.45, 7) is 4.40. The van der Waals surface area contributed by atoms with Crippen molar-refractivity contribution in [2.75, 3.05) is 19.6 Å². The van der Waals surface area contributed by atoms with Crippen LogP contribution in [0.1, 0.15) is 17.3 Å². The van der Waals surface area contributed by atoms with Gasteiger partial charge in [0.1, 0.15) is 0 Å². The van der Waals surface area contributed by atoms with Crippen molar-refractivity contribution in [2.45, 2.75) is 6.92 Å². The zero-order valence-corrected chi connectivity index (χ0v) is 11.5. The van der Waals surface area contributed by atoms with Gasteiger partial charge in [-0.1, -0.05) is 19.1 Å². The molecule has 0 aliphatic rings. The molecule has 0 heterocycles. The Morgan fingerprint density at radius 1 is 1.31 bits per heavy atom. The lowest BCUT2D eigenvalue weighted by Crippen LogP contribution is -2.31. The van der Waals surface area contributed by atoms with E-state index in [1.807, 2.05) is 25.1 Å². The van der Waals surface area contributed by atoms with Crippen LogP contribution in [0.15, 0.2) is 28.7 Å². The third-order valence-corrected chi connectivity index (χ3v) is 2.65. The normalized spacial score (nSPS) is 9.38. The van der Waals surface area contributed by atoms with Gasteiger partial charge in [-0.3, -0.25) is 4.79 Å². The molecule has 0 spiro atoms. The number of nitrogens with one attached hydrogen (secondary N) is 2. The second-order valence-corrected chi connectivity index (χ2v) is 3.94. The third-order valence-electron chi connectivity index (χ3n) is 1.96. The number of halogens is 2. The molecule has 0 fully saturated rings. The summed E-state index contributed by atoms with van der Waals surface area (Å²) in [7, 11) is 0. The van der Waals surface area contributed by atoms with Crippen LogP contribution in [0.25, 0.3) is 0 Å². The number of rotatable bonds is 5. The highest BCUT2D eigenvalue weighted by Crippen LogP contribution is 2.15. The lowest BCUT2D eigenvalue weighted by atomic mass is 10.2. The van der Waals surface area contributed by atoms with Gasteiger partial charge in [0.2, 0.25) is 0 Å². The topological polar surface area (TPSA) is 41.1 Å². The van der Waals surface area contributed by atoms with Crippen molar-refractivity contribution in [3.63, 3.8) is 0 Å². The second kappa shape index (κ2) is 8.56. The molecule has 0 bridgehead atoms. The minimum atomic E-state index is -0.0413. The summed E-state index contributed by atoms with van der Waals surface area (Å²) in [4.78, 5) is 11.7. The number of hydrogen-bond acceptors (Lipinski definition) is 2. The molecule has 1 aromatic rings. The molecule has 1 amide bonds. The smallest absolute Gasteiger partial charge is 0.252 e. The van der Waals surface area contributed by atoms with Crippen molar-refractivity contribution in [1.29, 1.82) is 0 Å². The first-order valence-corrected chi connectivity index (χ1v) is 5.78. The Balaban J connectivity index is 0.00000225. The first-order valence-electron chi connectivity index (χ1n) is 4.99. The largest absolute Gasteiger partial charge is 0.351 e. The fourth-order valence-electron chi connectivity index (χ4n) is 1.18. The first-order chi connectivity index (χ1) is 7.25. The summed E-state index contributed by atoms with van der Waals surface area (Å²) in [6, 6.07) is 7.40. The van der Waals surface area contributed by atoms with E-state index in [0.717, 1.165) is 17.6 Å². The fraction of sp³-hybridized carbons (Fsp3) is 0.364. The minimum Gasteiger partial charge on any atom is -0.351 e. The molecule has 0 atom stereocenters. The molecule has 3 nitrogen and oxygen atoms in total. The van der Waals surface area contributed by atoms with Gasteiger partial charge in [-0.05, 0) is 34.6 Å². The van der Waals surface area contributed by atoms with Gasteiger partial charge in [0.05, 0.1) is 5.56 Å². The van der Waals surface area contributed by atoms with E-state index in [2.05, 4.69) is 26.6 Å². The average Bonchev–Trinajstić information content (AvgIpc) is 2.25.